The van der Waals surface area contributed by atoms with Crippen molar-refractivity contribution < 1.29 is 22.8 Å². The van der Waals surface area contributed by atoms with Gasteiger partial charge in [0.05, 0.1) is 5.56 Å². The van der Waals surface area contributed by atoms with Crippen molar-refractivity contribution in [1.29, 1.82) is 0 Å². The summed E-state index contributed by atoms with van der Waals surface area (Å²) >= 11 is 5.06. The molecule has 160 valence electrons. The maximum Gasteiger partial charge on any atom is 0.416 e. The van der Waals surface area contributed by atoms with E-state index >= 15 is 0 Å². The molecule has 0 bridgehead atoms. The van der Waals surface area contributed by atoms with Gasteiger partial charge >= 0.3 is 6.18 Å². The lowest BCUT2D eigenvalue weighted by atomic mass is 10.1. The molecule has 5 N–H and O–H groups in total. The topological polar surface area (TPSA) is 96.2 Å². The number of thiocarbonyl (C=S) groups is 1. The van der Waals surface area contributed by atoms with E-state index in [1.54, 1.807) is 24.3 Å². The van der Waals surface area contributed by atoms with Crippen molar-refractivity contribution in [3.8, 4) is 0 Å². The second-order valence-electron chi connectivity index (χ2n) is 6.35. The quantitative estimate of drug-likeness (QED) is 0.388. The molecule has 10 heteroatoms. The Morgan fingerprint density at radius 2 is 1.47 bits per heavy atom. The maximum absolute atomic E-state index is 12.6. The van der Waals surface area contributed by atoms with Gasteiger partial charge in [-0.3, -0.25) is 14.9 Å². The van der Waals surface area contributed by atoms with Crippen LogP contribution < -0.4 is 21.7 Å². The van der Waals surface area contributed by atoms with Gasteiger partial charge in [-0.2, -0.15) is 13.2 Å². The van der Waals surface area contributed by atoms with Crippen molar-refractivity contribution in [1.82, 2.24) is 5.32 Å². The minimum Gasteiger partial charge on any atom is -0.332 e. The average Bonchev–Trinajstić information content (AvgIpc) is 2.69. The van der Waals surface area contributed by atoms with Crippen LogP contribution in [-0.4, -0.2) is 23.5 Å². The number of carbonyl (C=O) groups excluding carboxylic acids is 2. The number of halogens is 3. The summed E-state index contributed by atoms with van der Waals surface area (Å²) in [6, 6.07) is 10.5. The summed E-state index contributed by atoms with van der Waals surface area (Å²) in [5.74, 6) is -0.744. The molecule has 0 saturated carbocycles. The molecule has 2 aromatic carbocycles. The van der Waals surface area contributed by atoms with E-state index in [1.165, 1.54) is 0 Å². The number of carbonyl (C=O) groups is 2. The number of nitrogens with two attached hydrogens (primary N) is 1. The zero-order chi connectivity index (χ0) is 22.1. The van der Waals surface area contributed by atoms with E-state index < -0.39 is 17.6 Å². The molecule has 0 aliphatic rings. The number of nitrogens with one attached hydrogen (secondary N) is 3. The smallest absolute Gasteiger partial charge is 0.332 e. The third-order valence-electron chi connectivity index (χ3n) is 3.99. The van der Waals surface area contributed by atoms with Crippen molar-refractivity contribution in [2.24, 2.45) is 5.73 Å². The molecule has 0 heterocycles. The van der Waals surface area contributed by atoms with Crippen LogP contribution in [0.4, 0.5) is 24.5 Å². The fraction of sp³-hybridized carbons (Fsp3) is 0.250. The zero-order valence-electron chi connectivity index (χ0n) is 15.9. The van der Waals surface area contributed by atoms with Gasteiger partial charge in [-0.15, -0.1) is 0 Å². The minimum atomic E-state index is -4.47. The van der Waals surface area contributed by atoms with Crippen LogP contribution in [-0.2, 0) is 11.0 Å². The van der Waals surface area contributed by atoms with Crippen molar-refractivity contribution in [3.63, 3.8) is 0 Å². The Morgan fingerprint density at radius 1 is 0.900 bits per heavy atom. The van der Waals surface area contributed by atoms with Crippen molar-refractivity contribution in [2.75, 3.05) is 17.2 Å². The van der Waals surface area contributed by atoms with Crippen LogP contribution in [0, 0.1) is 0 Å². The molecular weight excluding hydrogens is 417 g/mol. The van der Waals surface area contributed by atoms with Gasteiger partial charge in [0.15, 0.2) is 5.11 Å². The Labute approximate surface area is 177 Å². The van der Waals surface area contributed by atoms with Crippen LogP contribution in [0.5, 0.6) is 0 Å². The summed E-state index contributed by atoms with van der Waals surface area (Å²) in [6.07, 6.45) is -2.58. The predicted molar refractivity (Wildman–Crippen MR) is 113 cm³/mol. The SMILES string of the molecule is NCCCCC(=O)Nc1ccc(NC(=S)NC(=O)c2ccc(C(F)(F)F)cc2)cc1. The number of unbranched alkanes of at least 4 members (excludes halogenated alkanes) is 1. The Morgan fingerprint density at radius 3 is 2.00 bits per heavy atom. The number of amides is 2. The molecule has 0 spiro atoms. The molecule has 2 amide bonds. The van der Waals surface area contributed by atoms with E-state index in [0.29, 0.717) is 24.3 Å². The third kappa shape index (κ3) is 7.45. The molecule has 2 aromatic rings. The molecule has 0 unspecified atom stereocenters. The first-order valence-electron chi connectivity index (χ1n) is 9.08. The van der Waals surface area contributed by atoms with Crippen LogP contribution >= 0.6 is 12.2 Å². The van der Waals surface area contributed by atoms with E-state index in [9.17, 15) is 22.8 Å². The minimum absolute atomic E-state index is 0.0153. The summed E-state index contributed by atoms with van der Waals surface area (Å²) < 4.78 is 37.7. The lowest BCUT2D eigenvalue weighted by Gasteiger charge is -2.11. The fourth-order valence-electron chi connectivity index (χ4n) is 2.44. The van der Waals surface area contributed by atoms with Gasteiger partial charge in [0, 0.05) is 23.4 Å². The Hall–Kier alpha value is -2.98. The van der Waals surface area contributed by atoms with Gasteiger partial charge in [0.2, 0.25) is 5.91 Å². The van der Waals surface area contributed by atoms with Crippen LogP contribution in [0.15, 0.2) is 48.5 Å². The first-order valence-corrected chi connectivity index (χ1v) is 9.49. The highest BCUT2D eigenvalue weighted by molar-refractivity contribution is 7.80. The van der Waals surface area contributed by atoms with Crippen molar-refractivity contribution >= 4 is 40.5 Å². The second-order valence-corrected chi connectivity index (χ2v) is 6.76. The normalized spacial score (nSPS) is 10.9. The summed E-state index contributed by atoms with van der Waals surface area (Å²) in [5, 5.41) is 7.94. The molecule has 2 rings (SSSR count). The Kier molecular flexibility index (Phi) is 8.31. The van der Waals surface area contributed by atoms with E-state index in [4.69, 9.17) is 18.0 Å². The van der Waals surface area contributed by atoms with E-state index in [1.807, 2.05) is 0 Å². The molecule has 0 aromatic heterocycles. The highest BCUT2D eigenvalue weighted by Crippen LogP contribution is 2.29. The molecule has 0 radical (unpaired) electrons. The van der Waals surface area contributed by atoms with Crippen molar-refractivity contribution in [3.05, 3.63) is 59.7 Å². The highest BCUT2D eigenvalue weighted by atomic mass is 32.1. The van der Waals surface area contributed by atoms with Gasteiger partial charge < -0.3 is 16.4 Å². The third-order valence-corrected chi connectivity index (χ3v) is 4.19. The molecule has 0 saturated heterocycles. The summed E-state index contributed by atoms with van der Waals surface area (Å²) in [5.41, 5.74) is 5.77. The van der Waals surface area contributed by atoms with Crippen LogP contribution in [0.1, 0.15) is 35.2 Å². The summed E-state index contributed by atoms with van der Waals surface area (Å²) in [6.45, 7) is 0.545. The number of alkyl halides is 3. The van der Waals surface area contributed by atoms with E-state index in [2.05, 4.69) is 16.0 Å². The largest absolute Gasteiger partial charge is 0.416 e. The number of benzene rings is 2. The van der Waals surface area contributed by atoms with E-state index in [0.717, 1.165) is 37.1 Å². The summed E-state index contributed by atoms with van der Waals surface area (Å²) in [4.78, 5) is 23.9. The number of hydrogen-bond donors (Lipinski definition) is 4. The standard InChI is InChI=1S/C20H21F3N4O2S/c21-20(22,23)14-6-4-13(5-7-14)18(29)27-19(30)26-16-10-8-15(9-11-16)25-17(28)3-1-2-12-24/h4-11H,1-3,12,24H2,(H,25,28)(H2,26,27,29,30). The highest BCUT2D eigenvalue weighted by Gasteiger charge is 2.30. The van der Waals surface area contributed by atoms with Gasteiger partial charge in [0.1, 0.15) is 0 Å². The van der Waals surface area contributed by atoms with Crippen molar-refractivity contribution in [2.45, 2.75) is 25.4 Å². The summed E-state index contributed by atoms with van der Waals surface area (Å²) in [7, 11) is 0. The fourth-order valence-corrected chi connectivity index (χ4v) is 2.65. The second kappa shape index (κ2) is 10.7. The monoisotopic (exact) mass is 438 g/mol. The number of hydrogen-bond acceptors (Lipinski definition) is 4. The molecule has 0 atom stereocenters. The maximum atomic E-state index is 12.6. The predicted octanol–water partition coefficient (Wildman–Crippen LogP) is 3.90. The first-order chi connectivity index (χ1) is 14.2. The van der Waals surface area contributed by atoms with E-state index in [-0.39, 0.29) is 16.6 Å². The van der Waals surface area contributed by atoms with Gasteiger partial charge in [-0.1, -0.05) is 0 Å². The average molecular weight is 438 g/mol. The Balaban J connectivity index is 1.85. The molecule has 6 nitrogen and oxygen atoms in total. The zero-order valence-corrected chi connectivity index (χ0v) is 16.7. The molecule has 0 aliphatic heterocycles. The van der Waals surface area contributed by atoms with Crippen LogP contribution in [0.25, 0.3) is 0 Å². The number of anilines is 2. The molecule has 0 fully saturated rings. The molecule has 0 aliphatic carbocycles. The lowest BCUT2D eigenvalue weighted by molar-refractivity contribution is -0.137. The van der Waals surface area contributed by atoms with Crippen LogP contribution in [0.2, 0.25) is 0 Å². The molecular formula is C20H21F3N4O2S. The Bertz CT molecular complexity index is 884. The first kappa shape index (κ1) is 23.3. The van der Waals surface area contributed by atoms with Gasteiger partial charge in [0.25, 0.3) is 5.91 Å². The number of rotatable bonds is 7. The lowest BCUT2D eigenvalue weighted by Crippen LogP contribution is -2.34. The van der Waals surface area contributed by atoms with Crippen LogP contribution in [0.3, 0.4) is 0 Å². The van der Waals surface area contributed by atoms with Gasteiger partial charge in [-0.25, -0.2) is 0 Å². The van der Waals surface area contributed by atoms with Gasteiger partial charge in [-0.05, 0) is 80.1 Å². The molecule has 30 heavy (non-hydrogen) atoms.